The first-order chi connectivity index (χ1) is 8.29. The molecule has 2 aromatic rings. The third kappa shape index (κ3) is 2.13. The minimum absolute atomic E-state index is 0.212. The summed E-state index contributed by atoms with van der Waals surface area (Å²) < 4.78 is 22.5. The molecule has 2 aromatic carbocycles. The molecule has 0 aromatic heterocycles. The SMILES string of the molecule is NS(=O)(=O)c1cc(C(=O)O)c2ccc([O])cc2c1. The van der Waals surface area contributed by atoms with Crippen LogP contribution in [0, 0.1) is 0 Å². The molecule has 2 rings (SSSR count). The lowest BCUT2D eigenvalue weighted by atomic mass is 10.0. The Morgan fingerprint density at radius 2 is 1.83 bits per heavy atom. The number of hydrogen-bond donors (Lipinski definition) is 2. The molecule has 18 heavy (non-hydrogen) atoms. The van der Waals surface area contributed by atoms with Gasteiger partial charge in [0.05, 0.1) is 10.5 Å². The van der Waals surface area contributed by atoms with Crippen LogP contribution in [0.5, 0.6) is 5.75 Å². The van der Waals surface area contributed by atoms with Crippen LogP contribution in [-0.2, 0) is 15.1 Å². The number of aromatic carboxylic acids is 1. The number of rotatable bonds is 2. The molecule has 6 nitrogen and oxygen atoms in total. The molecule has 0 aliphatic rings. The fraction of sp³-hybridized carbons (Fsp3) is 0. The highest BCUT2D eigenvalue weighted by atomic mass is 32.2. The van der Waals surface area contributed by atoms with Crippen LogP contribution in [0.25, 0.3) is 10.8 Å². The van der Waals surface area contributed by atoms with Gasteiger partial charge in [0.15, 0.2) is 5.75 Å². The lowest BCUT2D eigenvalue weighted by Gasteiger charge is -2.06. The number of nitrogens with two attached hydrogens (primary N) is 1. The standard InChI is InChI=1S/C11H8NO5S/c12-18(16,17)8-4-6-3-7(13)1-2-9(6)10(5-8)11(14)15/h1-5H,(H,14,15)(H2,12,16,17). The molecule has 0 amide bonds. The third-order valence-corrected chi connectivity index (χ3v) is 3.35. The summed E-state index contributed by atoms with van der Waals surface area (Å²) in [5.74, 6) is -1.63. The molecule has 0 aliphatic carbocycles. The van der Waals surface area contributed by atoms with Gasteiger partial charge < -0.3 is 5.11 Å². The predicted octanol–water partition coefficient (Wildman–Crippen LogP) is 1.33. The Bertz CT molecular complexity index is 751. The van der Waals surface area contributed by atoms with Crippen LogP contribution in [0.2, 0.25) is 0 Å². The van der Waals surface area contributed by atoms with E-state index in [2.05, 4.69) is 0 Å². The van der Waals surface area contributed by atoms with Gasteiger partial charge >= 0.3 is 5.97 Å². The number of carbonyl (C=O) groups is 1. The number of benzene rings is 2. The van der Waals surface area contributed by atoms with Crippen molar-refractivity contribution >= 4 is 26.8 Å². The highest BCUT2D eigenvalue weighted by Crippen LogP contribution is 2.26. The van der Waals surface area contributed by atoms with E-state index in [-0.39, 0.29) is 27.0 Å². The molecular formula is C11H8NO5S. The van der Waals surface area contributed by atoms with Gasteiger partial charge in [0, 0.05) is 0 Å². The molecule has 0 spiro atoms. The second-order valence-corrected chi connectivity index (χ2v) is 5.27. The van der Waals surface area contributed by atoms with Crippen molar-refractivity contribution < 1.29 is 23.4 Å². The first-order valence-electron chi connectivity index (χ1n) is 4.80. The molecule has 0 fully saturated rings. The summed E-state index contributed by atoms with van der Waals surface area (Å²) >= 11 is 0. The third-order valence-electron chi connectivity index (χ3n) is 2.46. The molecule has 3 N–H and O–H groups in total. The van der Waals surface area contributed by atoms with E-state index in [0.717, 1.165) is 12.1 Å². The molecule has 0 saturated carbocycles. The van der Waals surface area contributed by atoms with E-state index in [4.69, 9.17) is 10.2 Å². The molecule has 7 heteroatoms. The number of sulfonamides is 1. The maximum Gasteiger partial charge on any atom is 0.336 e. The summed E-state index contributed by atoms with van der Waals surface area (Å²) in [6.07, 6.45) is 0. The fourth-order valence-corrected chi connectivity index (χ4v) is 2.24. The normalized spacial score (nSPS) is 11.6. The zero-order valence-electron chi connectivity index (χ0n) is 8.95. The number of hydrogen-bond acceptors (Lipinski definition) is 3. The van der Waals surface area contributed by atoms with Crippen molar-refractivity contribution in [3.8, 4) is 5.75 Å². The Morgan fingerprint density at radius 3 is 2.39 bits per heavy atom. The highest BCUT2D eigenvalue weighted by molar-refractivity contribution is 7.89. The summed E-state index contributed by atoms with van der Waals surface area (Å²) in [7, 11) is -4.03. The van der Waals surface area contributed by atoms with Crippen LogP contribution in [-0.4, -0.2) is 19.5 Å². The second-order valence-electron chi connectivity index (χ2n) is 3.70. The summed E-state index contributed by atoms with van der Waals surface area (Å²) in [6.45, 7) is 0. The van der Waals surface area contributed by atoms with Crippen LogP contribution in [0.1, 0.15) is 10.4 Å². The monoisotopic (exact) mass is 266 g/mol. The maximum absolute atomic E-state index is 11.2. The largest absolute Gasteiger partial charge is 0.478 e. The second kappa shape index (κ2) is 3.97. The Labute approximate surface area is 102 Å². The highest BCUT2D eigenvalue weighted by Gasteiger charge is 2.16. The van der Waals surface area contributed by atoms with Gasteiger partial charge in [0.25, 0.3) is 0 Å². The zero-order valence-corrected chi connectivity index (χ0v) is 9.77. The van der Waals surface area contributed by atoms with Gasteiger partial charge in [-0.1, -0.05) is 0 Å². The van der Waals surface area contributed by atoms with Gasteiger partial charge in [0.1, 0.15) is 0 Å². The minimum atomic E-state index is -4.03. The lowest BCUT2D eigenvalue weighted by Crippen LogP contribution is -2.13. The quantitative estimate of drug-likeness (QED) is 0.852. The Kier molecular flexibility index (Phi) is 2.72. The molecule has 93 valence electrons. The molecule has 0 heterocycles. The van der Waals surface area contributed by atoms with Crippen molar-refractivity contribution in [1.29, 1.82) is 0 Å². The van der Waals surface area contributed by atoms with Crippen molar-refractivity contribution in [2.45, 2.75) is 4.90 Å². The molecule has 0 saturated heterocycles. The van der Waals surface area contributed by atoms with Gasteiger partial charge in [-0.15, -0.1) is 0 Å². The first kappa shape index (κ1) is 12.3. The summed E-state index contributed by atoms with van der Waals surface area (Å²) in [6, 6.07) is 5.87. The summed E-state index contributed by atoms with van der Waals surface area (Å²) in [5, 5.41) is 25.7. The van der Waals surface area contributed by atoms with E-state index in [1.54, 1.807) is 0 Å². The number of carboxylic acid groups (broad SMARTS) is 1. The van der Waals surface area contributed by atoms with E-state index in [1.165, 1.54) is 18.2 Å². The zero-order chi connectivity index (χ0) is 13.5. The van der Waals surface area contributed by atoms with Gasteiger partial charge in [-0.05, 0) is 41.1 Å². The van der Waals surface area contributed by atoms with Gasteiger partial charge in [-0.2, -0.15) is 0 Å². The Morgan fingerprint density at radius 1 is 1.17 bits per heavy atom. The predicted molar refractivity (Wildman–Crippen MR) is 62.4 cm³/mol. The van der Waals surface area contributed by atoms with E-state index in [1.807, 2.05) is 0 Å². The van der Waals surface area contributed by atoms with Gasteiger partial charge in [0.2, 0.25) is 10.0 Å². The topological polar surface area (TPSA) is 117 Å². The smallest absolute Gasteiger partial charge is 0.336 e. The molecule has 0 bridgehead atoms. The fourth-order valence-electron chi connectivity index (χ4n) is 1.66. The summed E-state index contributed by atoms with van der Waals surface area (Å²) in [5.41, 5.74) is -0.212. The first-order valence-corrected chi connectivity index (χ1v) is 6.34. The summed E-state index contributed by atoms with van der Waals surface area (Å²) in [4.78, 5) is 10.7. The average molecular weight is 266 g/mol. The molecule has 0 unspecified atom stereocenters. The molecule has 0 atom stereocenters. The van der Waals surface area contributed by atoms with Crippen LogP contribution in [0.4, 0.5) is 0 Å². The van der Waals surface area contributed by atoms with Crippen molar-refractivity contribution in [2.75, 3.05) is 0 Å². The average Bonchev–Trinajstić information content (AvgIpc) is 2.25. The molecule has 1 radical (unpaired) electrons. The lowest BCUT2D eigenvalue weighted by molar-refractivity contribution is 0.0698. The van der Waals surface area contributed by atoms with E-state index < -0.39 is 16.0 Å². The van der Waals surface area contributed by atoms with Gasteiger partial charge in [-0.25, -0.2) is 18.4 Å². The number of carboxylic acids is 1. The van der Waals surface area contributed by atoms with Crippen LogP contribution in [0.3, 0.4) is 0 Å². The Balaban J connectivity index is 2.92. The van der Waals surface area contributed by atoms with Crippen molar-refractivity contribution in [2.24, 2.45) is 5.14 Å². The number of fused-ring (bicyclic) bond motifs is 1. The van der Waals surface area contributed by atoms with Crippen molar-refractivity contribution in [3.63, 3.8) is 0 Å². The van der Waals surface area contributed by atoms with Crippen LogP contribution in [0.15, 0.2) is 35.2 Å². The molecular weight excluding hydrogens is 258 g/mol. The van der Waals surface area contributed by atoms with Crippen LogP contribution >= 0.6 is 0 Å². The van der Waals surface area contributed by atoms with Crippen LogP contribution < -0.4 is 5.14 Å². The minimum Gasteiger partial charge on any atom is -0.478 e. The van der Waals surface area contributed by atoms with Gasteiger partial charge in [-0.3, -0.25) is 5.11 Å². The van der Waals surface area contributed by atoms with E-state index in [0.29, 0.717) is 0 Å². The molecule has 0 aliphatic heterocycles. The maximum atomic E-state index is 11.2. The van der Waals surface area contributed by atoms with Crippen molar-refractivity contribution in [3.05, 3.63) is 35.9 Å². The van der Waals surface area contributed by atoms with E-state index >= 15 is 0 Å². The Hall–Kier alpha value is -2.12. The van der Waals surface area contributed by atoms with E-state index in [9.17, 15) is 18.3 Å². The number of primary sulfonamides is 1. The van der Waals surface area contributed by atoms with Crippen molar-refractivity contribution in [1.82, 2.24) is 0 Å².